The minimum absolute atomic E-state index is 0.00185. The van der Waals surface area contributed by atoms with Gasteiger partial charge in [0.05, 0.1) is 17.5 Å². The van der Waals surface area contributed by atoms with E-state index >= 15 is 0 Å². The number of benzene rings is 1. The zero-order chi connectivity index (χ0) is 13.3. The minimum atomic E-state index is -0.0958. The van der Waals surface area contributed by atoms with Crippen molar-refractivity contribution in [3.05, 3.63) is 41.5 Å². The maximum Gasteiger partial charge on any atom is 0.238 e. The molecule has 0 aromatic heterocycles. The van der Waals surface area contributed by atoms with E-state index in [1.165, 1.54) is 4.90 Å². The number of carbonyl (C=O) groups is 2. The van der Waals surface area contributed by atoms with Gasteiger partial charge >= 0.3 is 0 Å². The van der Waals surface area contributed by atoms with Crippen LogP contribution in [-0.4, -0.2) is 11.8 Å². The van der Waals surface area contributed by atoms with E-state index in [4.69, 9.17) is 0 Å². The summed E-state index contributed by atoms with van der Waals surface area (Å²) in [5, 5.41) is 0. The summed E-state index contributed by atoms with van der Waals surface area (Å²) in [4.78, 5) is 26.5. The van der Waals surface area contributed by atoms with Gasteiger partial charge in [-0.1, -0.05) is 30.4 Å². The van der Waals surface area contributed by atoms with E-state index in [0.717, 1.165) is 16.8 Å². The van der Waals surface area contributed by atoms with Crippen molar-refractivity contribution in [2.75, 3.05) is 4.90 Å². The molecule has 4 rings (SSSR count). The van der Waals surface area contributed by atoms with E-state index in [-0.39, 0.29) is 23.7 Å². The second kappa shape index (κ2) is 3.35. The summed E-state index contributed by atoms with van der Waals surface area (Å²) in [6.45, 7) is 3.91. The number of fused-ring (bicyclic) bond motifs is 4. The van der Waals surface area contributed by atoms with Crippen molar-refractivity contribution >= 4 is 17.5 Å². The summed E-state index contributed by atoms with van der Waals surface area (Å²) in [6, 6.07) is 5.87. The Labute approximate surface area is 111 Å². The van der Waals surface area contributed by atoms with Crippen LogP contribution in [0.3, 0.4) is 0 Å². The summed E-state index contributed by atoms with van der Waals surface area (Å²) >= 11 is 0. The van der Waals surface area contributed by atoms with E-state index in [1.807, 2.05) is 32.0 Å². The summed E-state index contributed by atoms with van der Waals surface area (Å²) in [5.74, 6) is 0.436. The first-order valence-electron chi connectivity index (χ1n) is 6.73. The van der Waals surface area contributed by atoms with E-state index in [9.17, 15) is 9.59 Å². The van der Waals surface area contributed by atoms with Crippen LogP contribution in [0.5, 0.6) is 0 Å². The fraction of sp³-hybridized carbons (Fsp3) is 0.375. The Bertz CT molecular complexity index is 596. The van der Waals surface area contributed by atoms with Gasteiger partial charge in [0.25, 0.3) is 0 Å². The highest BCUT2D eigenvalue weighted by Crippen LogP contribution is 2.58. The number of rotatable bonds is 1. The zero-order valence-electron chi connectivity index (χ0n) is 11.0. The van der Waals surface area contributed by atoms with Crippen LogP contribution in [-0.2, 0) is 9.59 Å². The van der Waals surface area contributed by atoms with Gasteiger partial charge in [-0.3, -0.25) is 9.59 Å². The summed E-state index contributed by atoms with van der Waals surface area (Å²) in [5.41, 5.74) is 2.78. The highest BCUT2D eigenvalue weighted by Gasteiger charge is 2.65. The fourth-order valence-electron chi connectivity index (χ4n) is 3.84. The lowest BCUT2D eigenvalue weighted by atomic mass is 9.52. The molecule has 1 aliphatic heterocycles. The van der Waals surface area contributed by atoms with Gasteiger partial charge in [-0.25, -0.2) is 4.90 Å². The first-order valence-corrected chi connectivity index (χ1v) is 6.73. The van der Waals surface area contributed by atoms with E-state index in [0.29, 0.717) is 11.8 Å². The smallest absolute Gasteiger partial charge is 0.238 e. The van der Waals surface area contributed by atoms with Crippen LogP contribution in [0.4, 0.5) is 5.69 Å². The molecule has 0 N–H and O–H groups in total. The van der Waals surface area contributed by atoms with Crippen LogP contribution in [0.2, 0.25) is 0 Å². The third-order valence-corrected chi connectivity index (χ3v) is 4.89. The Morgan fingerprint density at radius 2 is 1.37 bits per heavy atom. The number of imide groups is 1. The predicted molar refractivity (Wildman–Crippen MR) is 71.5 cm³/mol. The molecule has 2 aliphatic carbocycles. The van der Waals surface area contributed by atoms with Crippen LogP contribution in [0, 0.1) is 37.5 Å². The Morgan fingerprint density at radius 1 is 0.895 bits per heavy atom. The van der Waals surface area contributed by atoms with E-state index in [1.54, 1.807) is 0 Å². The molecule has 1 saturated carbocycles. The van der Waals surface area contributed by atoms with Crippen molar-refractivity contribution in [2.45, 2.75) is 13.8 Å². The Balaban J connectivity index is 1.81. The maximum atomic E-state index is 12.5. The summed E-state index contributed by atoms with van der Waals surface area (Å²) in [6.07, 6.45) is 4.15. The van der Waals surface area contributed by atoms with Crippen LogP contribution in [0.15, 0.2) is 30.4 Å². The lowest BCUT2D eigenvalue weighted by Crippen LogP contribution is -2.50. The number of allylic oxidation sites excluding steroid dienone is 2. The highest BCUT2D eigenvalue weighted by atomic mass is 16.2. The first-order chi connectivity index (χ1) is 9.11. The molecule has 1 aromatic carbocycles. The van der Waals surface area contributed by atoms with Gasteiger partial charge in [0, 0.05) is 0 Å². The number of nitrogens with zero attached hydrogens (tertiary/aromatic N) is 1. The van der Waals surface area contributed by atoms with Gasteiger partial charge in [-0.2, -0.15) is 0 Å². The molecular weight excluding hydrogens is 238 g/mol. The number of para-hydroxylation sites is 1. The number of hydrogen-bond donors (Lipinski definition) is 0. The fourth-order valence-corrected chi connectivity index (χ4v) is 3.84. The Morgan fingerprint density at radius 3 is 1.79 bits per heavy atom. The predicted octanol–water partition coefficient (Wildman–Crippen LogP) is 2.22. The molecule has 4 unspecified atom stereocenters. The average molecular weight is 253 g/mol. The van der Waals surface area contributed by atoms with Crippen molar-refractivity contribution in [2.24, 2.45) is 23.7 Å². The monoisotopic (exact) mass is 253 g/mol. The molecule has 2 fully saturated rings. The Hall–Kier alpha value is -1.90. The zero-order valence-corrected chi connectivity index (χ0v) is 11.0. The molecule has 3 nitrogen and oxygen atoms in total. The second-order valence-corrected chi connectivity index (χ2v) is 5.84. The topological polar surface area (TPSA) is 37.4 Å². The normalized spacial score (nSPS) is 34.7. The molecule has 1 saturated heterocycles. The van der Waals surface area contributed by atoms with Crippen molar-refractivity contribution in [1.29, 1.82) is 0 Å². The van der Waals surface area contributed by atoms with Gasteiger partial charge < -0.3 is 0 Å². The average Bonchev–Trinajstić information content (AvgIpc) is 2.53. The quantitative estimate of drug-likeness (QED) is 0.568. The molecule has 96 valence electrons. The third kappa shape index (κ3) is 1.14. The van der Waals surface area contributed by atoms with Gasteiger partial charge in [0.2, 0.25) is 11.8 Å². The largest absolute Gasteiger partial charge is 0.274 e. The number of aryl methyl sites for hydroxylation is 2. The minimum Gasteiger partial charge on any atom is -0.274 e. The lowest BCUT2D eigenvalue weighted by molar-refractivity contribution is -0.132. The molecule has 3 heteroatoms. The summed E-state index contributed by atoms with van der Waals surface area (Å²) in [7, 11) is 0. The SMILES string of the molecule is Cc1cccc(C)c1N1C(=O)C2C3C=CC3C2C1=O. The molecule has 1 aromatic rings. The van der Waals surface area contributed by atoms with Crippen molar-refractivity contribution in [3.63, 3.8) is 0 Å². The Kier molecular flexibility index (Phi) is 1.93. The van der Waals surface area contributed by atoms with E-state index in [2.05, 4.69) is 12.2 Å². The summed E-state index contributed by atoms with van der Waals surface area (Å²) < 4.78 is 0. The lowest BCUT2D eigenvalue weighted by Gasteiger charge is -2.48. The van der Waals surface area contributed by atoms with Gasteiger partial charge in [-0.15, -0.1) is 0 Å². The number of hydrogen-bond acceptors (Lipinski definition) is 2. The first kappa shape index (κ1) is 11.0. The molecule has 19 heavy (non-hydrogen) atoms. The number of anilines is 1. The number of carbonyl (C=O) groups excluding carboxylic acids is 2. The van der Waals surface area contributed by atoms with Gasteiger partial charge in [-0.05, 0) is 36.8 Å². The van der Waals surface area contributed by atoms with Crippen LogP contribution >= 0.6 is 0 Å². The maximum absolute atomic E-state index is 12.5. The van der Waals surface area contributed by atoms with Gasteiger partial charge in [0.1, 0.15) is 0 Å². The highest BCUT2D eigenvalue weighted by molar-refractivity contribution is 6.24. The van der Waals surface area contributed by atoms with Crippen molar-refractivity contribution in [3.8, 4) is 0 Å². The van der Waals surface area contributed by atoms with E-state index < -0.39 is 0 Å². The van der Waals surface area contributed by atoms with Crippen molar-refractivity contribution in [1.82, 2.24) is 0 Å². The van der Waals surface area contributed by atoms with Crippen LogP contribution in [0.1, 0.15) is 11.1 Å². The molecule has 1 heterocycles. The van der Waals surface area contributed by atoms with Gasteiger partial charge in [0.15, 0.2) is 0 Å². The van der Waals surface area contributed by atoms with Crippen LogP contribution < -0.4 is 4.90 Å². The molecule has 4 atom stereocenters. The number of amides is 2. The molecule has 3 aliphatic rings. The third-order valence-electron chi connectivity index (χ3n) is 4.89. The van der Waals surface area contributed by atoms with Crippen molar-refractivity contribution < 1.29 is 9.59 Å². The molecular formula is C16H15NO2. The van der Waals surface area contributed by atoms with Crippen LogP contribution in [0.25, 0.3) is 0 Å². The molecule has 0 radical (unpaired) electrons. The molecule has 2 amide bonds. The molecule has 0 bridgehead atoms. The second-order valence-electron chi connectivity index (χ2n) is 5.84. The standard InChI is InChI=1S/C16H15NO2/c1-8-4-3-5-9(2)14(8)17-15(18)12-10-6-7-11(10)13(12)16(17)19/h3-7,10-13H,1-2H3. The molecule has 0 spiro atoms.